The second-order valence-corrected chi connectivity index (χ2v) is 6.75. The molecule has 0 heterocycles. The third-order valence-electron chi connectivity index (χ3n) is 3.01. The van der Waals surface area contributed by atoms with E-state index in [1.165, 1.54) is 25.1 Å². The fraction of sp³-hybridized carbons (Fsp3) is 0.133. The number of aromatic hydroxyl groups is 1. The lowest BCUT2D eigenvalue weighted by Crippen LogP contribution is -2.24. The lowest BCUT2D eigenvalue weighted by Gasteiger charge is -2.16. The molecule has 2 rings (SSSR count). The van der Waals surface area contributed by atoms with Gasteiger partial charge in [0.1, 0.15) is 17.1 Å². The molecule has 0 bridgehead atoms. The Morgan fingerprint density at radius 1 is 1.14 bits per heavy atom. The lowest BCUT2D eigenvalue weighted by atomic mass is 10.2. The van der Waals surface area contributed by atoms with Crippen molar-refractivity contribution >= 4 is 15.8 Å². The number of hydrogen-bond acceptors (Lipinski definition) is 5. The van der Waals surface area contributed by atoms with Gasteiger partial charge in [-0.25, -0.2) is 13.2 Å². The van der Waals surface area contributed by atoms with Crippen LogP contribution in [0.4, 0.5) is 0 Å². The molecular weight excluding hydrogens is 308 g/mol. The summed E-state index contributed by atoms with van der Waals surface area (Å²) in [5.41, 5.74) is -1.57. The van der Waals surface area contributed by atoms with Crippen molar-refractivity contribution in [2.75, 3.05) is 0 Å². The van der Waals surface area contributed by atoms with E-state index in [1.54, 1.807) is 18.2 Å². The van der Waals surface area contributed by atoms with Crippen molar-refractivity contribution in [2.45, 2.75) is 17.3 Å². The molecule has 0 spiro atoms. The lowest BCUT2D eigenvalue weighted by molar-refractivity contribution is 0.0693. The molecule has 2 aromatic rings. The maximum absolute atomic E-state index is 12.3. The number of carboxylic acid groups (broad SMARTS) is 1. The van der Waals surface area contributed by atoms with Crippen molar-refractivity contribution in [2.24, 2.45) is 0 Å². The predicted octanol–water partition coefficient (Wildman–Crippen LogP) is 2.29. The van der Waals surface area contributed by atoms with Gasteiger partial charge in [0, 0.05) is 0 Å². The van der Waals surface area contributed by atoms with Crippen molar-refractivity contribution in [3.8, 4) is 11.5 Å². The molecule has 116 valence electrons. The summed E-state index contributed by atoms with van der Waals surface area (Å²) >= 11 is 0. The molecular formula is C15H14O6S. The van der Waals surface area contributed by atoms with Crippen molar-refractivity contribution < 1.29 is 28.2 Å². The van der Waals surface area contributed by atoms with E-state index in [0.717, 1.165) is 12.1 Å². The van der Waals surface area contributed by atoms with Gasteiger partial charge < -0.3 is 14.9 Å². The van der Waals surface area contributed by atoms with Gasteiger partial charge in [-0.15, -0.1) is 0 Å². The van der Waals surface area contributed by atoms with Crippen LogP contribution < -0.4 is 4.74 Å². The van der Waals surface area contributed by atoms with E-state index in [1.807, 2.05) is 0 Å². The zero-order chi connectivity index (χ0) is 16.3. The van der Waals surface area contributed by atoms with Gasteiger partial charge in [0.25, 0.3) is 0 Å². The summed E-state index contributed by atoms with van der Waals surface area (Å²) < 4.78 is 30.0. The van der Waals surface area contributed by atoms with Crippen molar-refractivity contribution in [1.29, 1.82) is 0 Å². The molecule has 22 heavy (non-hydrogen) atoms. The molecule has 7 heteroatoms. The standard InChI is InChI=1S/C15H14O6S/c1-10(22(19,20)12-5-3-2-4-6-12)21-11-7-8-14(16)13(9-11)15(17)18/h2-10,16H,1H3,(H,17,18). The third-order valence-corrected chi connectivity index (χ3v) is 4.91. The van der Waals surface area contributed by atoms with E-state index >= 15 is 0 Å². The molecule has 0 radical (unpaired) electrons. The van der Waals surface area contributed by atoms with Gasteiger partial charge in [-0.3, -0.25) is 0 Å². The van der Waals surface area contributed by atoms with E-state index in [9.17, 15) is 18.3 Å². The Morgan fingerprint density at radius 2 is 1.77 bits per heavy atom. The quantitative estimate of drug-likeness (QED) is 0.876. The highest BCUT2D eigenvalue weighted by molar-refractivity contribution is 7.91. The van der Waals surface area contributed by atoms with Crippen LogP contribution in [0.1, 0.15) is 17.3 Å². The predicted molar refractivity (Wildman–Crippen MR) is 78.8 cm³/mol. The molecule has 6 nitrogen and oxygen atoms in total. The summed E-state index contributed by atoms with van der Waals surface area (Å²) in [4.78, 5) is 11.1. The molecule has 0 saturated carbocycles. The number of hydrogen-bond donors (Lipinski definition) is 2. The van der Waals surface area contributed by atoms with E-state index in [0.29, 0.717) is 0 Å². The number of rotatable bonds is 5. The molecule has 0 aliphatic rings. The number of aromatic carboxylic acids is 1. The Labute approximate surface area is 127 Å². The molecule has 1 unspecified atom stereocenters. The Balaban J connectivity index is 2.28. The summed E-state index contributed by atoms with van der Waals surface area (Å²) in [6.07, 6.45) is 0. The molecule has 0 saturated heterocycles. The van der Waals surface area contributed by atoms with Crippen LogP contribution in [-0.2, 0) is 9.84 Å². The van der Waals surface area contributed by atoms with E-state index in [2.05, 4.69) is 0 Å². The number of phenols is 1. The van der Waals surface area contributed by atoms with Crippen LogP contribution in [0.15, 0.2) is 53.4 Å². The molecule has 0 amide bonds. The van der Waals surface area contributed by atoms with E-state index in [-0.39, 0.29) is 16.2 Å². The first-order valence-electron chi connectivity index (χ1n) is 6.34. The molecule has 0 aliphatic carbocycles. The zero-order valence-corrected chi connectivity index (χ0v) is 12.4. The number of benzene rings is 2. The average Bonchev–Trinajstić information content (AvgIpc) is 2.49. The monoisotopic (exact) mass is 322 g/mol. The van der Waals surface area contributed by atoms with Crippen LogP contribution in [-0.4, -0.2) is 30.0 Å². The first-order chi connectivity index (χ1) is 10.3. The first kappa shape index (κ1) is 15.8. The fourth-order valence-corrected chi connectivity index (χ4v) is 2.97. The first-order valence-corrected chi connectivity index (χ1v) is 7.89. The Morgan fingerprint density at radius 3 is 2.36 bits per heavy atom. The average molecular weight is 322 g/mol. The SMILES string of the molecule is CC(Oc1ccc(O)c(C(=O)O)c1)S(=O)(=O)c1ccccc1. The fourth-order valence-electron chi connectivity index (χ4n) is 1.82. The van der Waals surface area contributed by atoms with Gasteiger partial charge in [0.15, 0.2) is 0 Å². The molecule has 0 aliphatic heterocycles. The smallest absolute Gasteiger partial charge is 0.339 e. The second-order valence-electron chi connectivity index (χ2n) is 4.53. The van der Waals surface area contributed by atoms with E-state index in [4.69, 9.17) is 9.84 Å². The van der Waals surface area contributed by atoms with E-state index < -0.39 is 27.0 Å². The summed E-state index contributed by atoms with van der Waals surface area (Å²) in [6.45, 7) is 1.36. The summed E-state index contributed by atoms with van der Waals surface area (Å²) in [5, 5.41) is 18.4. The summed E-state index contributed by atoms with van der Waals surface area (Å²) in [7, 11) is -3.71. The summed E-state index contributed by atoms with van der Waals surface area (Å²) in [5.74, 6) is -1.71. The number of ether oxygens (including phenoxy) is 1. The van der Waals surface area contributed by atoms with Crippen LogP contribution in [0.2, 0.25) is 0 Å². The van der Waals surface area contributed by atoms with Gasteiger partial charge in [0.05, 0.1) is 4.90 Å². The maximum Gasteiger partial charge on any atom is 0.339 e. The highest BCUT2D eigenvalue weighted by Gasteiger charge is 2.25. The highest BCUT2D eigenvalue weighted by atomic mass is 32.2. The molecule has 1 atom stereocenters. The van der Waals surface area contributed by atoms with Crippen LogP contribution in [0.25, 0.3) is 0 Å². The van der Waals surface area contributed by atoms with Gasteiger partial charge in [-0.05, 0) is 37.3 Å². The number of carbonyl (C=O) groups is 1. The minimum Gasteiger partial charge on any atom is -0.507 e. The Kier molecular flexibility index (Phi) is 4.37. The van der Waals surface area contributed by atoms with Crippen molar-refractivity contribution in [1.82, 2.24) is 0 Å². The topological polar surface area (TPSA) is 101 Å². The number of sulfone groups is 1. The third kappa shape index (κ3) is 3.20. The Bertz CT molecular complexity index is 783. The van der Waals surface area contributed by atoms with Crippen LogP contribution in [0, 0.1) is 0 Å². The number of carboxylic acids is 1. The molecule has 0 fully saturated rings. The molecule has 0 aromatic heterocycles. The van der Waals surface area contributed by atoms with Crippen LogP contribution in [0.5, 0.6) is 11.5 Å². The minimum absolute atomic E-state index is 0.0437. The summed E-state index contributed by atoms with van der Waals surface area (Å²) in [6, 6.07) is 11.3. The van der Waals surface area contributed by atoms with Crippen molar-refractivity contribution in [3.63, 3.8) is 0 Å². The van der Waals surface area contributed by atoms with Gasteiger partial charge in [-0.1, -0.05) is 18.2 Å². The molecule has 2 aromatic carbocycles. The van der Waals surface area contributed by atoms with Crippen molar-refractivity contribution in [3.05, 3.63) is 54.1 Å². The molecule has 2 N–H and O–H groups in total. The zero-order valence-electron chi connectivity index (χ0n) is 11.6. The minimum atomic E-state index is -3.71. The van der Waals surface area contributed by atoms with Gasteiger partial charge in [0.2, 0.25) is 15.3 Å². The highest BCUT2D eigenvalue weighted by Crippen LogP contribution is 2.25. The normalized spacial score (nSPS) is 12.6. The van der Waals surface area contributed by atoms with Crippen LogP contribution >= 0.6 is 0 Å². The van der Waals surface area contributed by atoms with Gasteiger partial charge >= 0.3 is 5.97 Å². The Hall–Kier alpha value is -2.54. The maximum atomic E-state index is 12.3. The largest absolute Gasteiger partial charge is 0.507 e. The second kappa shape index (κ2) is 6.07. The van der Waals surface area contributed by atoms with Gasteiger partial charge in [-0.2, -0.15) is 0 Å². The van der Waals surface area contributed by atoms with Crippen LogP contribution in [0.3, 0.4) is 0 Å².